The molecule has 0 aliphatic heterocycles. The lowest BCUT2D eigenvalue weighted by atomic mass is 10.1. The highest BCUT2D eigenvalue weighted by Gasteiger charge is 2.39. The molecule has 3 N–H and O–H groups in total. The highest BCUT2D eigenvalue weighted by atomic mass is 16.1. The van der Waals surface area contributed by atoms with E-state index in [-0.39, 0.29) is 11.9 Å². The third-order valence-corrected chi connectivity index (χ3v) is 2.91. The standard InChI is InChI=1S/C12H16N2O/c1-8(12(13)15)14-11-7-10(11)9-5-3-2-4-6-9/h2-6,8,10-11,14H,7H2,1H3,(H2,13,15)/t8?,10?,11-/m0/s1. The molecule has 1 aromatic carbocycles. The second-order valence-corrected chi connectivity index (χ2v) is 4.15. The Morgan fingerprint density at radius 2 is 2.13 bits per heavy atom. The molecule has 0 aromatic heterocycles. The maximum absolute atomic E-state index is 10.9. The van der Waals surface area contributed by atoms with Crippen LogP contribution >= 0.6 is 0 Å². The van der Waals surface area contributed by atoms with Gasteiger partial charge in [-0.1, -0.05) is 30.3 Å². The number of hydrogen-bond donors (Lipinski definition) is 2. The first-order chi connectivity index (χ1) is 7.18. The molecule has 1 aliphatic rings. The van der Waals surface area contributed by atoms with E-state index < -0.39 is 0 Å². The molecule has 2 rings (SSSR count). The summed E-state index contributed by atoms with van der Waals surface area (Å²) in [7, 11) is 0. The summed E-state index contributed by atoms with van der Waals surface area (Å²) in [5.74, 6) is 0.265. The topological polar surface area (TPSA) is 55.1 Å². The van der Waals surface area contributed by atoms with Crippen LogP contribution in [0.15, 0.2) is 30.3 Å². The predicted molar refractivity (Wildman–Crippen MR) is 59.4 cm³/mol. The SMILES string of the molecule is CC(N[C@H]1CC1c1ccccc1)C(N)=O. The molecule has 15 heavy (non-hydrogen) atoms. The number of primary amides is 1. The van der Waals surface area contributed by atoms with Gasteiger partial charge in [0.25, 0.3) is 0 Å². The molecule has 1 amide bonds. The molecule has 3 nitrogen and oxygen atoms in total. The van der Waals surface area contributed by atoms with Crippen molar-refractivity contribution in [3.8, 4) is 0 Å². The molecule has 0 spiro atoms. The van der Waals surface area contributed by atoms with Gasteiger partial charge in [-0.05, 0) is 18.9 Å². The van der Waals surface area contributed by atoms with E-state index in [0.717, 1.165) is 6.42 Å². The first kappa shape index (κ1) is 10.2. The van der Waals surface area contributed by atoms with Crippen LogP contribution in [0, 0.1) is 0 Å². The van der Waals surface area contributed by atoms with Crippen LogP contribution in [0.5, 0.6) is 0 Å². The van der Waals surface area contributed by atoms with Crippen molar-refractivity contribution >= 4 is 5.91 Å². The molecule has 1 aliphatic carbocycles. The Balaban J connectivity index is 1.89. The number of benzene rings is 1. The number of nitrogens with two attached hydrogens (primary N) is 1. The molecular weight excluding hydrogens is 188 g/mol. The van der Waals surface area contributed by atoms with Gasteiger partial charge in [0.15, 0.2) is 0 Å². The van der Waals surface area contributed by atoms with E-state index in [1.54, 1.807) is 0 Å². The van der Waals surface area contributed by atoms with E-state index in [0.29, 0.717) is 12.0 Å². The zero-order chi connectivity index (χ0) is 10.8. The van der Waals surface area contributed by atoms with Crippen molar-refractivity contribution in [2.45, 2.75) is 31.3 Å². The monoisotopic (exact) mass is 204 g/mol. The largest absolute Gasteiger partial charge is 0.368 e. The van der Waals surface area contributed by atoms with Gasteiger partial charge >= 0.3 is 0 Å². The zero-order valence-corrected chi connectivity index (χ0v) is 8.81. The summed E-state index contributed by atoms with van der Waals surface area (Å²) < 4.78 is 0. The minimum atomic E-state index is -0.284. The Morgan fingerprint density at radius 3 is 2.73 bits per heavy atom. The van der Waals surface area contributed by atoms with Gasteiger partial charge in [0.2, 0.25) is 5.91 Å². The maximum Gasteiger partial charge on any atom is 0.234 e. The highest BCUT2D eigenvalue weighted by Crippen LogP contribution is 2.40. The molecule has 1 aromatic rings. The lowest BCUT2D eigenvalue weighted by Crippen LogP contribution is -2.40. The third-order valence-electron chi connectivity index (χ3n) is 2.91. The zero-order valence-electron chi connectivity index (χ0n) is 8.81. The number of carbonyl (C=O) groups is 1. The Labute approximate surface area is 89.7 Å². The lowest BCUT2D eigenvalue weighted by molar-refractivity contribution is -0.119. The molecule has 0 radical (unpaired) electrons. The van der Waals surface area contributed by atoms with Crippen molar-refractivity contribution in [3.05, 3.63) is 35.9 Å². The van der Waals surface area contributed by atoms with Gasteiger partial charge in [-0.3, -0.25) is 4.79 Å². The summed E-state index contributed by atoms with van der Waals surface area (Å²) >= 11 is 0. The van der Waals surface area contributed by atoms with E-state index in [2.05, 4.69) is 17.4 Å². The summed E-state index contributed by atoms with van der Waals surface area (Å²) in [5.41, 5.74) is 6.53. The minimum absolute atomic E-state index is 0.233. The predicted octanol–water partition coefficient (Wildman–Crippen LogP) is 1.01. The van der Waals surface area contributed by atoms with Crippen LogP contribution in [0.2, 0.25) is 0 Å². The first-order valence-electron chi connectivity index (χ1n) is 5.29. The van der Waals surface area contributed by atoms with Gasteiger partial charge in [-0.15, -0.1) is 0 Å². The van der Waals surface area contributed by atoms with E-state index >= 15 is 0 Å². The first-order valence-corrected chi connectivity index (χ1v) is 5.29. The second kappa shape index (κ2) is 4.03. The van der Waals surface area contributed by atoms with Crippen molar-refractivity contribution in [1.29, 1.82) is 0 Å². The van der Waals surface area contributed by atoms with Crippen LogP contribution in [-0.4, -0.2) is 18.0 Å². The Bertz CT molecular complexity index is 350. The Hall–Kier alpha value is -1.35. The van der Waals surface area contributed by atoms with Crippen molar-refractivity contribution in [2.75, 3.05) is 0 Å². The van der Waals surface area contributed by atoms with Crippen molar-refractivity contribution in [1.82, 2.24) is 5.32 Å². The molecule has 3 atom stereocenters. The summed E-state index contributed by atoms with van der Waals surface area (Å²) in [4.78, 5) is 10.9. The Morgan fingerprint density at radius 1 is 1.47 bits per heavy atom. The quantitative estimate of drug-likeness (QED) is 0.769. The van der Waals surface area contributed by atoms with Crippen LogP contribution in [0.3, 0.4) is 0 Å². The van der Waals surface area contributed by atoms with Crippen LogP contribution in [0.1, 0.15) is 24.8 Å². The van der Waals surface area contributed by atoms with Crippen LogP contribution in [-0.2, 0) is 4.79 Å². The van der Waals surface area contributed by atoms with E-state index in [1.807, 2.05) is 25.1 Å². The number of nitrogens with one attached hydrogen (secondary N) is 1. The minimum Gasteiger partial charge on any atom is -0.368 e. The van der Waals surface area contributed by atoms with Crippen molar-refractivity contribution < 1.29 is 4.79 Å². The molecule has 1 fully saturated rings. The van der Waals surface area contributed by atoms with Gasteiger partial charge in [0.05, 0.1) is 6.04 Å². The molecule has 0 heterocycles. The summed E-state index contributed by atoms with van der Waals surface area (Å²) in [6.45, 7) is 1.81. The molecule has 3 heteroatoms. The average molecular weight is 204 g/mol. The lowest BCUT2D eigenvalue weighted by Gasteiger charge is -2.09. The highest BCUT2D eigenvalue weighted by molar-refractivity contribution is 5.79. The Kier molecular flexibility index (Phi) is 2.73. The number of amides is 1. The molecule has 80 valence electrons. The number of rotatable bonds is 4. The smallest absolute Gasteiger partial charge is 0.234 e. The van der Waals surface area contributed by atoms with Gasteiger partial charge in [-0.2, -0.15) is 0 Å². The average Bonchev–Trinajstić information content (AvgIpc) is 2.98. The molecule has 1 saturated carbocycles. The van der Waals surface area contributed by atoms with Gasteiger partial charge in [-0.25, -0.2) is 0 Å². The fourth-order valence-corrected chi connectivity index (χ4v) is 1.85. The van der Waals surface area contributed by atoms with Crippen molar-refractivity contribution in [2.24, 2.45) is 5.73 Å². The molecule has 2 unspecified atom stereocenters. The normalized spacial score (nSPS) is 25.9. The number of hydrogen-bond acceptors (Lipinski definition) is 2. The van der Waals surface area contributed by atoms with Crippen LogP contribution in [0.4, 0.5) is 0 Å². The molecular formula is C12H16N2O. The molecule has 0 saturated heterocycles. The van der Waals surface area contributed by atoms with Crippen LogP contribution in [0.25, 0.3) is 0 Å². The van der Waals surface area contributed by atoms with Gasteiger partial charge in [0.1, 0.15) is 0 Å². The van der Waals surface area contributed by atoms with Crippen molar-refractivity contribution in [3.63, 3.8) is 0 Å². The summed E-state index contributed by atoms with van der Waals surface area (Å²) in [6.07, 6.45) is 1.10. The van der Waals surface area contributed by atoms with E-state index in [1.165, 1.54) is 5.56 Å². The summed E-state index contributed by atoms with van der Waals surface area (Å²) in [5, 5.41) is 3.23. The fourth-order valence-electron chi connectivity index (χ4n) is 1.85. The second-order valence-electron chi connectivity index (χ2n) is 4.15. The van der Waals surface area contributed by atoms with E-state index in [4.69, 9.17) is 5.73 Å². The fraction of sp³-hybridized carbons (Fsp3) is 0.417. The molecule has 0 bridgehead atoms. The van der Waals surface area contributed by atoms with Gasteiger partial charge in [0, 0.05) is 12.0 Å². The van der Waals surface area contributed by atoms with E-state index in [9.17, 15) is 4.79 Å². The van der Waals surface area contributed by atoms with Gasteiger partial charge < -0.3 is 11.1 Å². The van der Waals surface area contributed by atoms with Crippen LogP contribution < -0.4 is 11.1 Å². The number of carbonyl (C=O) groups excluding carboxylic acids is 1. The summed E-state index contributed by atoms with van der Waals surface area (Å²) in [6, 6.07) is 10.5. The maximum atomic E-state index is 10.9. The third kappa shape index (κ3) is 2.36.